The number of fused-ring (bicyclic) bond motifs is 1. The van der Waals surface area contributed by atoms with Crippen molar-refractivity contribution in [3.63, 3.8) is 0 Å². The van der Waals surface area contributed by atoms with E-state index in [9.17, 15) is 15.2 Å². The highest BCUT2D eigenvalue weighted by atomic mass is 35.5. The molecule has 2 fully saturated rings. The number of carbonyl (C=O) groups excluding carboxylic acids is 1. The summed E-state index contributed by atoms with van der Waals surface area (Å²) in [7, 11) is 1.99. The third-order valence-electron chi connectivity index (χ3n) is 9.39. The standard InChI is InChI=1S/C35H44ClFN6O5/c1-5-47-30(45)21-46-20-24-7-10-42(11-8-24)14-15-48-35-39-33-28(34(40-35)43-13-12-41(4)25(19-43)6-9-38)18-29(36)31(32(33)37)27-17-26(44)16-22(2)23(27)3/h16-18,24-25,44H,5-8,10-15,19-21H2,1-4H3/t25-/m0/s1. The lowest BCUT2D eigenvalue weighted by Gasteiger charge is -2.39. The first-order valence-corrected chi connectivity index (χ1v) is 16.9. The van der Waals surface area contributed by atoms with Crippen molar-refractivity contribution in [1.82, 2.24) is 19.8 Å². The van der Waals surface area contributed by atoms with E-state index in [1.807, 2.05) is 25.8 Å². The molecule has 2 aromatic carbocycles. The summed E-state index contributed by atoms with van der Waals surface area (Å²) in [6.07, 6.45) is 2.23. The van der Waals surface area contributed by atoms with Crippen molar-refractivity contribution < 1.29 is 28.5 Å². The average molecular weight is 683 g/mol. The van der Waals surface area contributed by atoms with Gasteiger partial charge in [0, 0.05) is 43.2 Å². The summed E-state index contributed by atoms with van der Waals surface area (Å²) < 4.78 is 33.2. The minimum atomic E-state index is -0.617. The summed E-state index contributed by atoms with van der Waals surface area (Å²) in [6.45, 7) is 10.9. The quantitative estimate of drug-likeness (QED) is 0.256. The summed E-state index contributed by atoms with van der Waals surface area (Å²) in [6, 6.07) is 7.14. The Morgan fingerprint density at radius 2 is 1.94 bits per heavy atom. The van der Waals surface area contributed by atoms with E-state index in [0.29, 0.717) is 75.1 Å². The number of piperazine rings is 1. The number of carbonyl (C=O) groups is 1. The van der Waals surface area contributed by atoms with Gasteiger partial charge >= 0.3 is 12.0 Å². The fourth-order valence-corrected chi connectivity index (χ4v) is 6.72. The normalized spacial score (nSPS) is 17.9. The van der Waals surface area contributed by atoms with Gasteiger partial charge in [-0.1, -0.05) is 11.6 Å². The van der Waals surface area contributed by atoms with Gasteiger partial charge in [0.15, 0.2) is 5.82 Å². The Morgan fingerprint density at radius 3 is 2.67 bits per heavy atom. The molecule has 2 aliphatic heterocycles. The molecule has 0 bridgehead atoms. The van der Waals surface area contributed by atoms with E-state index in [0.717, 1.165) is 37.1 Å². The molecule has 3 aromatic rings. The minimum Gasteiger partial charge on any atom is -0.508 e. The number of halogens is 2. The Morgan fingerprint density at radius 1 is 1.17 bits per heavy atom. The molecule has 0 spiro atoms. The Balaban J connectivity index is 1.37. The van der Waals surface area contributed by atoms with Crippen LogP contribution in [0.4, 0.5) is 10.2 Å². The SMILES string of the molecule is CCOC(=O)COCC1CCN(CCOc2nc(N3CCN(C)[C@@H](CC#N)C3)c3cc(Cl)c(-c4cc(O)cc(C)c4C)c(F)c3n2)CC1. The molecule has 3 heterocycles. The maximum atomic E-state index is 16.6. The zero-order chi connectivity index (χ0) is 34.4. The Bertz CT molecular complexity index is 1660. The number of nitrogens with zero attached hydrogens (tertiary/aromatic N) is 6. The van der Waals surface area contributed by atoms with Gasteiger partial charge in [0.05, 0.1) is 30.7 Å². The van der Waals surface area contributed by atoms with Gasteiger partial charge in [0.2, 0.25) is 0 Å². The molecule has 0 saturated carbocycles. The summed E-state index contributed by atoms with van der Waals surface area (Å²) in [4.78, 5) is 27.4. The fraction of sp³-hybridized carbons (Fsp3) is 0.543. The van der Waals surface area contributed by atoms with E-state index in [4.69, 9.17) is 30.8 Å². The highest BCUT2D eigenvalue weighted by Gasteiger charge is 2.29. The van der Waals surface area contributed by atoms with Crippen LogP contribution in [0.2, 0.25) is 5.02 Å². The molecule has 2 saturated heterocycles. The minimum absolute atomic E-state index is 0.0188. The first-order chi connectivity index (χ1) is 23.1. The van der Waals surface area contributed by atoms with Crippen molar-refractivity contribution in [1.29, 1.82) is 5.26 Å². The monoisotopic (exact) mass is 682 g/mol. The van der Waals surface area contributed by atoms with E-state index in [1.54, 1.807) is 19.1 Å². The molecule has 2 aliphatic rings. The van der Waals surface area contributed by atoms with Gasteiger partial charge in [0.1, 0.15) is 30.3 Å². The molecule has 0 radical (unpaired) electrons. The van der Waals surface area contributed by atoms with Crippen molar-refractivity contribution in [3.8, 4) is 29.0 Å². The van der Waals surface area contributed by atoms with E-state index in [2.05, 4.69) is 20.9 Å². The van der Waals surface area contributed by atoms with Crippen molar-refractivity contribution in [2.24, 2.45) is 5.92 Å². The zero-order valence-electron chi connectivity index (χ0n) is 28.1. The topological polar surface area (TPSA) is 124 Å². The number of likely N-dealkylation sites (N-methyl/N-ethyl adjacent to an activating group) is 1. The van der Waals surface area contributed by atoms with Crippen LogP contribution in [0.25, 0.3) is 22.0 Å². The van der Waals surface area contributed by atoms with Crippen molar-refractivity contribution in [2.75, 3.05) is 77.6 Å². The smallest absolute Gasteiger partial charge is 0.332 e. The summed E-state index contributed by atoms with van der Waals surface area (Å²) >= 11 is 6.79. The third-order valence-corrected chi connectivity index (χ3v) is 9.69. The Kier molecular flexibility index (Phi) is 11.9. The van der Waals surface area contributed by atoms with E-state index in [-0.39, 0.29) is 46.5 Å². The summed E-state index contributed by atoms with van der Waals surface area (Å²) in [5.41, 5.74) is 2.33. The van der Waals surface area contributed by atoms with Gasteiger partial charge in [-0.15, -0.1) is 0 Å². The average Bonchev–Trinajstić information content (AvgIpc) is 3.05. The maximum Gasteiger partial charge on any atom is 0.332 e. The van der Waals surface area contributed by atoms with Crippen LogP contribution in [0, 0.1) is 36.9 Å². The number of piperidine rings is 1. The highest BCUT2D eigenvalue weighted by molar-refractivity contribution is 6.34. The highest BCUT2D eigenvalue weighted by Crippen LogP contribution is 2.41. The number of benzene rings is 2. The first-order valence-electron chi connectivity index (χ1n) is 16.5. The number of anilines is 1. The second kappa shape index (κ2) is 16.1. The zero-order valence-corrected chi connectivity index (χ0v) is 28.9. The van der Waals surface area contributed by atoms with E-state index in [1.165, 1.54) is 6.07 Å². The second-order valence-corrected chi connectivity index (χ2v) is 13.0. The van der Waals surface area contributed by atoms with Crippen LogP contribution in [0.15, 0.2) is 18.2 Å². The van der Waals surface area contributed by atoms with Crippen LogP contribution >= 0.6 is 11.6 Å². The van der Waals surface area contributed by atoms with Crippen LogP contribution < -0.4 is 9.64 Å². The number of aryl methyl sites for hydroxylation is 1. The number of esters is 1. The number of nitriles is 1. The first kappa shape index (κ1) is 35.5. The van der Waals surface area contributed by atoms with Gasteiger partial charge in [-0.3, -0.25) is 9.80 Å². The molecule has 1 aromatic heterocycles. The molecule has 5 rings (SSSR count). The fourth-order valence-electron chi connectivity index (χ4n) is 6.43. The van der Waals surface area contributed by atoms with Crippen molar-refractivity contribution >= 4 is 34.3 Å². The summed E-state index contributed by atoms with van der Waals surface area (Å²) in [5.74, 6) is -0.0611. The number of rotatable bonds is 12. The lowest BCUT2D eigenvalue weighted by atomic mass is 9.95. The van der Waals surface area contributed by atoms with Crippen LogP contribution in [0.1, 0.15) is 37.3 Å². The molecule has 13 heteroatoms. The third kappa shape index (κ3) is 8.26. The molecule has 48 heavy (non-hydrogen) atoms. The number of likely N-dealkylation sites (tertiary alicyclic amines) is 1. The van der Waals surface area contributed by atoms with Crippen molar-refractivity contribution in [2.45, 2.75) is 46.1 Å². The lowest BCUT2D eigenvalue weighted by Crippen LogP contribution is -2.51. The number of aromatic nitrogens is 2. The van der Waals surface area contributed by atoms with Gasteiger partial charge in [0.25, 0.3) is 0 Å². The predicted octanol–water partition coefficient (Wildman–Crippen LogP) is 5.12. The second-order valence-electron chi connectivity index (χ2n) is 12.6. The largest absolute Gasteiger partial charge is 0.508 e. The Hall–Kier alpha value is -3.76. The van der Waals surface area contributed by atoms with Crippen LogP contribution in [-0.4, -0.2) is 110 Å². The maximum absolute atomic E-state index is 16.6. The molecule has 258 valence electrons. The molecule has 0 aliphatic carbocycles. The molecule has 1 atom stereocenters. The van der Waals surface area contributed by atoms with E-state index >= 15 is 4.39 Å². The van der Waals surface area contributed by atoms with Crippen LogP contribution in [-0.2, 0) is 14.3 Å². The molecule has 1 N–H and O–H groups in total. The van der Waals surface area contributed by atoms with Crippen LogP contribution in [0.3, 0.4) is 0 Å². The number of hydrogen-bond donors (Lipinski definition) is 1. The van der Waals surface area contributed by atoms with Crippen LogP contribution in [0.5, 0.6) is 11.8 Å². The number of ether oxygens (including phenoxy) is 3. The lowest BCUT2D eigenvalue weighted by molar-refractivity contribution is -0.149. The van der Waals surface area contributed by atoms with Crippen molar-refractivity contribution in [3.05, 3.63) is 40.2 Å². The number of phenols is 1. The number of phenolic OH excluding ortho intramolecular Hbond substituents is 1. The molecular formula is C35H44ClFN6O5. The Labute approximate surface area is 286 Å². The number of aromatic hydroxyl groups is 1. The van der Waals surface area contributed by atoms with Gasteiger partial charge < -0.3 is 24.2 Å². The molecular weight excluding hydrogens is 639 g/mol. The summed E-state index contributed by atoms with van der Waals surface area (Å²) in [5, 5.41) is 20.4. The van der Waals surface area contributed by atoms with E-state index < -0.39 is 5.82 Å². The number of hydrogen-bond acceptors (Lipinski definition) is 11. The molecule has 0 amide bonds. The van der Waals surface area contributed by atoms with Gasteiger partial charge in [-0.2, -0.15) is 15.2 Å². The molecule has 11 nitrogen and oxygen atoms in total. The van der Waals surface area contributed by atoms with Gasteiger partial charge in [-0.05, 0) is 94.6 Å². The molecule has 0 unspecified atom stereocenters. The predicted molar refractivity (Wildman–Crippen MR) is 182 cm³/mol. The van der Waals surface area contributed by atoms with Gasteiger partial charge in [-0.25, -0.2) is 9.18 Å².